The molecule has 2 amide bonds. The minimum absolute atomic E-state index is 0.0927. The highest BCUT2D eigenvalue weighted by Gasteiger charge is 2.25. The van der Waals surface area contributed by atoms with Gasteiger partial charge in [0.15, 0.2) is 0 Å². The second-order valence-corrected chi connectivity index (χ2v) is 8.83. The number of anilines is 1. The largest absolute Gasteiger partial charge is 0.368 e. The molecule has 1 aliphatic heterocycles. The molecule has 0 bridgehead atoms. The minimum atomic E-state index is 0.0927. The van der Waals surface area contributed by atoms with Crippen molar-refractivity contribution in [2.75, 3.05) is 37.6 Å². The van der Waals surface area contributed by atoms with Crippen LogP contribution < -0.4 is 10.2 Å². The Bertz CT molecular complexity index is 666. The maximum absolute atomic E-state index is 12.5. The zero-order valence-corrected chi connectivity index (χ0v) is 17.3. The van der Waals surface area contributed by atoms with E-state index in [1.54, 1.807) is 0 Å². The average Bonchev–Trinajstić information content (AvgIpc) is 2.68. The Labute approximate surface area is 164 Å². The van der Waals surface area contributed by atoms with E-state index in [-0.39, 0.29) is 11.4 Å². The topological polar surface area (TPSA) is 35.6 Å². The molecule has 1 saturated heterocycles. The van der Waals surface area contributed by atoms with Gasteiger partial charge < -0.3 is 15.1 Å². The van der Waals surface area contributed by atoms with Gasteiger partial charge in [-0.1, -0.05) is 50.6 Å². The summed E-state index contributed by atoms with van der Waals surface area (Å²) in [6.45, 7) is 10.9. The number of hydrogen-bond acceptors (Lipinski definition) is 2. The fourth-order valence-corrected chi connectivity index (χ4v) is 4.11. The molecule has 3 rings (SSSR count). The molecule has 0 unspecified atom stereocenters. The van der Waals surface area contributed by atoms with E-state index >= 15 is 0 Å². The van der Waals surface area contributed by atoms with E-state index in [0.717, 1.165) is 39.1 Å². The van der Waals surface area contributed by atoms with Gasteiger partial charge in [-0.25, -0.2) is 4.79 Å². The summed E-state index contributed by atoms with van der Waals surface area (Å²) >= 11 is 0. The van der Waals surface area contributed by atoms with Gasteiger partial charge in [0.1, 0.15) is 0 Å². The molecule has 1 aromatic rings. The van der Waals surface area contributed by atoms with Crippen molar-refractivity contribution in [2.24, 2.45) is 0 Å². The first-order valence-electron chi connectivity index (χ1n) is 10.5. The fraction of sp³-hybridized carbons (Fsp3) is 0.609. The molecule has 0 atom stereocenters. The zero-order valence-electron chi connectivity index (χ0n) is 17.3. The second-order valence-electron chi connectivity index (χ2n) is 8.83. The molecule has 0 saturated carbocycles. The average molecular weight is 370 g/mol. The van der Waals surface area contributed by atoms with Gasteiger partial charge in [0.05, 0.1) is 0 Å². The maximum Gasteiger partial charge on any atom is 0.317 e. The Kier molecular flexibility index (Phi) is 6.46. The standard InChI is InChI=1S/C23H35N3O/c1-23(2,3)20-11-7-8-12-21(20)25-15-17-26(18-16-25)22(27)24-14-13-19-9-5-4-6-10-19/h7-9,11-12H,4-6,10,13-18H2,1-3H3,(H,24,27). The maximum atomic E-state index is 12.5. The number of urea groups is 1. The number of para-hydroxylation sites is 1. The van der Waals surface area contributed by atoms with Crippen LogP contribution in [0.4, 0.5) is 10.5 Å². The van der Waals surface area contributed by atoms with E-state index in [0.29, 0.717) is 0 Å². The number of nitrogens with zero attached hydrogens (tertiary/aromatic N) is 2. The lowest BCUT2D eigenvalue weighted by atomic mass is 9.85. The summed E-state index contributed by atoms with van der Waals surface area (Å²) in [7, 11) is 0. The first-order valence-corrected chi connectivity index (χ1v) is 10.5. The number of nitrogens with one attached hydrogen (secondary N) is 1. The summed E-state index contributed by atoms with van der Waals surface area (Å²) in [5, 5.41) is 3.12. The Morgan fingerprint density at radius 2 is 1.81 bits per heavy atom. The van der Waals surface area contributed by atoms with Crippen LogP contribution >= 0.6 is 0 Å². The van der Waals surface area contributed by atoms with Crippen molar-refractivity contribution in [1.29, 1.82) is 0 Å². The fourth-order valence-electron chi connectivity index (χ4n) is 4.11. The zero-order chi connectivity index (χ0) is 19.3. The number of hydrogen-bond donors (Lipinski definition) is 1. The third kappa shape index (κ3) is 5.27. The van der Waals surface area contributed by atoms with Crippen LogP contribution in [0, 0.1) is 0 Å². The predicted octanol–water partition coefficient (Wildman–Crippen LogP) is 4.71. The van der Waals surface area contributed by atoms with Crippen molar-refractivity contribution in [3.05, 3.63) is 41.5 Å². The van der Waals surface area contributed by atoms with E-state index in [1.165, 1.54) is 42.5 Å². The summed E-state index contributed by atoms with van der Waals surface area (Å²) in [5.41, 5.74) is 4.34. The third-order valence-electron chi connectivity index (χ3n) is 5.73. The van der Waals surface area contributed by atoms with Gasteiger partial charge in [0.2, 0.25) is 0 Å². The Balaban J connectivity index is 1.49. The molecule has 0 radical (unpaired) electrons. The molecule has 1 aliphatic carbocycles. The van der Waals surface area contributed by atoms with Crippen molar-refractivity contribution in [3.63, 3.8) is 0 Å². The van der Waals surface area contributed by atoms with E-state index in [4.69, 9.17) is 0 Å². The van der Waals surface area contributed by atoms with Crippen LogP contribution in [0.15, 0.2) is 35.9 Å². The van der Waals surface area contributed by atoms with Gasteiger partial charge in [-0.05, 0) is 49.1 Å². The van der Waals surface area contributed by atoms with E-state index in [1.807, 2.05) is 4.90 Å². The quantitative estimate of drug-likeness (QED) is 0.781. The summed E-state index contributed by atoms with van der Waals surface area (Å²) in [5.74, 6) is 0. The normalized spacial score (nSPS) is 18.3. The van der Waals surface area contributed by atoms with Crippen LogP contribution in [-0.4, -0.2) is 43.7 Å². The summed E-state index contributed by atoms with van der Waals surface area (Å²) in [4.78, 5) is 16.9. The number of allylic oxidation sites excluding steroid dienone is 1. The van der Waals surface area contributed by atoms with Crippen LogP contribution in [-0.2, 0) is 5.41 Å². The molecule has 1 aromatic carbocycles. The third-order valence-corrected chi connectivity index (χ3v) is 5.73. The van der Waals surface area contributed by atoms with Gasteiger partial charge >= 0.3 is 6.03 Å². The van der Waals surface area contributed by atoms with Crippen molar-refractivity contribution >= 4 is 11.7 Å². The molecule has 4 nitrogen and oxygen atoms in total. The number of benzene rings is 1. The van der Waals surface area contributed by atoms with Gasteiger partial charge in [0.25, 0.3) is 0 Å². The summed E-state index contributed by atoms with van der Waals surface area (Å²) in [6.07, 6.45) is 8.41. The molecule has 0 spiro atoms. The van der Waals surface area contributed by atoms with Crippen molar-refractivity contribution in [1.82, 2.24) is 10.2 Å². The molecule has 148 valence electrons. The molecular weight excluding hydrogens is 334 g/mol. The minimum Gasteiger partial charge on any atom is -0.368 e. The Morgan fingerprint density at radius 1 is 1.07 bits per heavy atom. The molecule has 1 N–H and O–H groups in total. The van der Waals surface area contributed by atoms with Gasteiger partial charge in [-0.15, -0.1) is 0 Å². The predicted molar refractivity (Wildman–Crippen MR) is 113 cm³/mol. The van der Waals surface area contributed by atoms with Crippen molar-refractivity contribution in [2.45, 2.75) is 58.3 Å². The molecule has 1 fully saturated rings. The monoisotopic (exact) mass is 369 g/mol. The van der Waals surface area contributed by atoms with Crippen molar-refractivity contribution < 1.29 is 4.79 Å². The van der Waals surface area contributed by atoms with Crippen LogP contribution in [0.3, 0.4) is 0 Å². The van der Waals surface area contributed by atoms with Crippen LogP contribution in [0.2, 0.25) is 0 Å². The van der Waals surface area contributed by atoms with E-state index < -0.39 is 0 Å². The lowest BCUT2D eigenvalue weighted by Crippen LogP contribution is -2.52. The lowest BCUT2D eigenvalue weighted by molar-refractivity contribution is 0.194. The van der Waals surface area contributed by atoms with Crippen molar-refractivity contribution in [3.8, 4) is 0 Å². The van der Waals surface area contributed by atoms with Crippen LogP contribution in [0.1, 0.15) is 58.4 Å². The van der Waals surface area contributed by atoms with Gasteiger partial charge in [0, 0.05) is 38.4 Å². The molecule has 1 heterocycles. The number of carbonyl (C=O) groups is 1. The van der Waals surface area contributed by atoms with Crippen LogP contribution in [0.5, 0.6) is 0 Å². The summed E-state index contributed by atoms with van der Waals surface area (Å²) in [6, 6.07) is 8.78. The number of carbonyl (C=O) groups excluding carboxylic acids is 1. The lowest BCUT2D eigenvalue weighted by Gasteiger charge is -2.38. The van der Waals surface area contributed by atoms with Crippen LogP contribution in [0.25, 0.3) is 0 Å². The summed E-state index contributed by atoms with van der Waals surface area (Å²) < 4.78 is 0. The first kappa shape index (κ1) is 19.8. The van der Waals surface area contributed by atoms with Gasteiger partial charge in [-0.3, -0.25) is 0 Å². The highest BCUT2D eigenvalue weighted by atomic mass is 16.2. The number of piperazine rings is 1. The van der Waals surface area contributed by atoms with E-state index in [9.17, 15) is 4.79 Å². The molecule has 4 heteroatoms. The molecule has 0 aromatic heterocycles. The number of rotatable bonds is 4. The Morgan fingerprint density at radius 3 is 2.48 bits per heavy atom. The Hall–Kier alpha value is -1.97. The van der Waals surface area contributed by atoms with Gasteiger partial charge in [-0.2, -0.15) is 0 Å². The highest BCUT2D eigenvalue weighted by molar-refractivity contribution is 5.74. The molecular formula is C23H35N3O. The highest BCUT2D eigenvalue weighted by Crippen LogP contribution is 2.32. The number of amides is 2. The second kappa shape index (κ2) is 8.81. The molecule has 27 heavy (non-hydrogen) atoms. The SMILES string of the molecule is CC(C)(C)c1ccccc1N1CCN(C(=O)NCCC2=CCCCC2)CC1. The molecule has 2 aliphatic rings. The smallest absolute Gasteiger partial charge is 0.317 e. The van der Waals surface area contributed by atoms with E-state index in [2.05, 4.69) is 61.3 Å². The first-order chi connectivity index (χ1) is 12.9.